The van der Waals surface area contributed by atoms with Gasteiger partial charge in [0.1, 0.15) is 5.69 Å². The van der Waals surface area contributed by atoms with Gasteiger partial charge in [0.2, 0.25) is 11.9 Å². The molecule has 1 unspecified atom stereocenters. The number of carbonyl (C=O) groups is 1. The van der Waals surface area contributed by atoms with Gasteiger partial charge in [0, 0.05) is 12.1 Å². The third-order valence-electron chi connectivity index (χ3n) is 3.99. The number of hydrogen-bond donors (Lipinski definition) is 3. The number of hydrogen-bond acceptors (Lipinski definition) is 6. The molecule has 0 bridgehead atoms. The number of alkyl halides is 2. The SMILES string of the molecule is CCCn1c(NC(O)c2sc(C)nc2C(F)F)nc2cc(C(N)=O)ccc21. The number of aliphatic hydroxyl groups excluding tert-OH is 1. The summed E-state index contributed by atoms with van der Waals surface area (Å²) >= 11 is 1.00. The number of aryl methyl sites for hydroxylation is 2. The maximum absolute atomic E-state index is 13.2. The van der Waals surface area contributed by atoms with Crippen LogP contribution in [0.3, 0.4) is 0 Å². The molecule has 0 spiro atoms. The van der Waals surface area contributed by atoms with E-state index in [1.807, 2.05) is 11.5 Å². The van der Waals surface area contributed by atoms with E-state index in [2.05, 4.69) is 15.3 Å². The number of nitrogens with two attached hydrogens (primary N) is 1. The van der Waals surface area contributed by atoms with Crippen LogP contribution < -0.4 is 11.1 Å². The summed E-state index contributed by atoms with van der Waals surface area (Å²) in [6, 6.07) is 4.88. The van der Waals surface area contributed by atoms with Gasteiger partial charge in [0.05, 0.1) is 20.9 Å². The van der Waals surface area contributed by atoms with Crippen molar-refractivity contribution in [3.63, 3.8) is 0 Å². The van der Waals surface area contributed by atoms with Gasteiger partial charge in [-0.1, -0.05) is 6.92 Å². The highest BCUT2D eigenvalue weighted by Crippen LogP contribution is 2.33. The second-order valence-electron chi connectivity index (χ2n) is 5.98. The van der Waals surface area contributed by atoms with Gasteiger partial charge in [-0.2, -0.15) is 0 Å². The third kappa shape index (κ3) is 3.76. The summed E-state index contributed by atoms with van der Waals surface area (Å²) in [6.45, 7) is 4.17. The number of aliphatic hydroxyl groups is 1. The first-order chi connectivity index (χ1) is 12.8. The molecule has 0 aliphatic rings. The van der Waals surface area contributed by atoms with E-state index in [9.17, 15) is 18.7 Å². The molecular formula is C17H19F2N5O2S. The topological polar surface area (TPSA) is 106 Å². The predicted molar refractivity (Wildman–Crippen MR) is 98.9 cm³/mol. The number of nitrogens with one attached hydrogen (secondary N) is 1. The summed E-state index contributed by atoms with van der Waals surface area (Å²) < 4.78 is 28.2. The fourth-order valence-corrected chi connectivity index (χ4v) is 3.71. The Hall–Kier alpha value is -2.59. The van der Waals surface area contributed by atoms with Crippen molar-refractivity contribution in [3.8, 4) is 0 Å². The van der Waals surface area contributed by atoms with Crippen molar-refractivity contribution in [2.24, 2.45) is 5.73 Å². The number of imidazole rings is 1. The first kappa shape index (κ1) is 19.2. The minimum absolute atomic E-state index is 0.0513. The number of benzene rings is 1. The van der Waals surface area contributed by atoms with Gasteiger partial charge in [-0.25, -0.2) is 18.7 Å². The number of aromatic nitrogens is 3. The molecule has 2 heterocycles. The molecule has 10 heteroatoms. The van der Waals surface area contributed by atoms with Crippen LogP contribution in [0.5, 0.6) is 0 Å². The molecule has 2 aromatic heterocycles. The Bertz CT molecular complexity index is 985. The molecule has 0 aliphatic heterocycles. The lowest BCUT2D eigenvalue weighted by atomic mass is 10.2. The quantitative estimate of drug-likeness (QED) is 0.532. The number of rotatable bonds is 7. The first-order valence-electron chi connectivity index (χ1n) is 8.31. The van der Waals surface area contributed by atoms with Gasteiger partial charge < -0.3 is 20.7 Å². The average molecular weight is 395 g/mol. The lowest BCUT2D eigenvalue weighted by Gasteiger charge is -2.15. The Morgan fingerprint density at radius 1 is 1.41 bits per heavy atom. The minimum Gasteiger partial charge on any atom is -0.369 e. The summed E-state index contributed by atoms with van der Waals surface area (Å²) in [7, 11) is 0. The molecule has 3 aromatic rings. The van der Waals surface area contributed by atoms with Crippen LogP contribution in [0.1, 0.15) is 51.9 Å². The van der Waals surface area contributed by atoms with Crippen LogP contribution in [-0.4, -0.2) is 25.5 Å². The fraction of sp³-hybridized carbons (Fsp3) is 0.353. The number of amides is 1. The van der Waals surface area contributed by atoms with Crippen LogP contribution in [0, 0.1) is 6.92 Å². The standard InChI is InChI=1S/C17H19F2N5O2S/c1-3-6-24-11-5-4-9(15(20)25)7-10(11)22-17(24)23-16(26)13-12(14(18)19)21-8(2)27-13/h4-5,7,14,16,26H,3,6H2,1-2H3,(H2,20,25)(H,22,23). The van der Waals surface area contributed by atoms with Crippen LogP contribution >= 0.6 is 11.3 Å². The number of thiazole rings is 1. The highest BCUT2D eigenvalue weighted by Gasteiger charge is 2.25. The first-order valence-corrected chi connectivity index (χ1v) is 9.13. The zero-order chi connectivity index (χ0) is 19.7. The van der Waals surface area contributed by atoms with Gasteiger partial charge in [-0.15, -0.1) is 11.3 Å². The second kappa shape index (κ2) is 7.57. The molecule has 1 aromatic carbocycles. The summed E-state index contributed by atoms with van der Waals surface area (Å²) in [5, 5.41) is 13.7. The highest BCUT2D eigenvalue weighted by atomic mass is 32.1. The number of primary amides is 1. The van der Waals surface area contributed by atoms with E-state index in [1.165, 1.54) is 0 Å². The minimum atomic E-state index is -2.78. The van der Waals surface area contributed by atoms with E-state index < -0.39 is 24.3 Å². The van der Waals surface area contributed by atoms with E-state index in [1.54, 1.807) is 25.1 Å². The van der Waals surface area contributed by atoms with E-state index in [-0.39, 0.29) is 4.88 Å². The predicted octanol–water partition coefficient (Wildman–Crippen LogP) is 3.35. The van der Waals surface area contributed by atoms with E-state index >= 15 is 0 Å². The van der Waals surface area contributed by atoms with Crippen LogP contribution in [0.2, 0.25) is 0 Å². The number of carbonyl (C=O) groups excluding carboxylic acids is 1. The maximum Gasteiger partial charge on any atom is 0.281 e. The molecular weight excluding hydrogens is 376 g/mol. The molecule has 0 saturated carbocycles. The van der Waals surface area contributed by atoms with Crippen molar-refractivity contribution in [3.05, 3.63) is 39.3 Å². The number of nitrogens with zero attached hydrogens (tertiary/aromatic N) is 3. The van der Waals surface area contributed by atoms with Crippen molar-refractivity contribution < 1.29 is 18.7 Å². The normalized spacial score (nSPS) is 12.7. The molecule has 3 rings (SSSR count). The Morgan fingerprint density at radius 3 is 2.78 bits per heavy atom. The maximum atomic E-state index is 13.2. The van der Waals surface area contributed by atoms with E-state index in [4.69, 9.17) is 5.73 Å². The molecule has 0 aliphatic carbocycles. The highest BCUT2D eigenvalue weighted by molar-refractivity contribution is 7.11. The zero-order valence-corrected chi connectivity index (χ0v) is 15.6. The second-order valence-corrected chi connectivity index (χ2v) is 7.22. The van der Waals surface area contributed by atoms with Crippen LogP contribution in [0.25, 0.3) is 11.0 Å². The average Bonchev–Trinajstić information content (AvgIpc) is 3.16. The third-order valence-corrected chi connectivity index (χ3v) is 5.03. The van der Waals surface area contributed by atoms with Crippen molar-refractivity contribution in [1.29, 1.82) is 0 Å². The zero-order valence-electron chi connectivity index (χ0n) is 14.7. The van der Waals surface area contributed by atoms with Gasteiger partial charge in [0.25, 0.3) is 6.43 Å². The molecule has 0 fully saturated rings. The molecule has 0 radical (unpaired) electrons. The molecule has 144 valence electrons. The van der Waals surface area contributed by atoms with Gasteiger partial charge in [0.15, 0.2) is 6.23 Å². The van der Waals surface area contributed by atoms with Gasteiger partial charge >= 0.3 is 0 Å². The van der Waals surface area contributed by atoms with Crippen molar-refractivity contribution >= 4 is 34.2 Å². The van der Waals surface area contributed by atoms with Gasteiger partial charge in [-0.05, 0) is 31.5 Å². The number of fused-ring (bicyclic) bond motifs is 1. The summed E-state index contributed by atoms with van der Waals surface area (Å²) in [6.07, 6.45) is -3.38. The Labute approximate surface area is 157 Å². The van der Waals surface area contributed by atoms with Crippen LogP contribution in [0.15, 0.2) is 18.2 Å². The van der Waals surface area contributed by atoms with Crippen LogP contribution in [0.4, 0.5) is 14.7 Å². The number of anilines is 1. The largest absolute Gasteiger partial charge is 0.369 e. The molecule has 4 N–H and O–H groups in total. The summed E-state index contributed by atoms with van der Waals surface area (Å²) in [4.78, 5) is 19.6. The van der Waals surface area contributed by atoms with Gasteiger partial charge in [-0.3, -0.25) is 4.79 Å². The molecule has 27 heavy (non-hydrogen) atoms. The Morgan fingerprint density at radius 2 is 2.15 bits per heavy atom. The monoisotopic (exact) mass is 395 g/mol. The van der Waals surface area contributed by atoms with Crippen molar-refractivity contribution in [2.75, 3.05) is 5.32 Å². The molecule has 0 saturated heterocycles. The molecule has 1 amide bonds. The lowest BCUT2D eigenvalue weighted by Crippen LogP contribution is -2.14. The fourth-order valence-electron chi connectivity index (χ4n) is 2.84. The number of halogens is 2. The van der Waals surface area contributed by atoms with Crippen LogP contribution in [-0.2, 0) is 6.54 Å². The Kier molecular flexibility index (Phi) is 5.38. The van der Waals surface area contributed by atoms with Crippen molar-refractivity contribution in [2.45, 2.75) is 39.5 Å². The van der Waals surface area contributed by atoms with Crippen molar-refractivity contribution in [1.82, 2.24) is 14.5 Å². The lowest BCUT2D eigenvalue weighted by molar-refractivity contribution is 0.100. The summed E-state index contributed by atoms with van der Waals surface area (Å²) in [5.41, 5.74) is 6.44. The molecule has 7 nitrogen and oxygen atoms in total. The van der Waals surface area contributed by atoms with E-state index in [0.717, 1.165) is 23.3 Å². The summed E-state index contributed by atoms with van der Waals surface area (Å²) in [5.74, 6) is -0.259. The Balaban J connectivity index is 2.00. The smallest absolute Gasteiger partial charge is 0.281 e. The molecule has 1 atom stereocenters. The van der Waals surface area contributed by atoms with E-state index in [0.29, 0.717) is 28.6 Å².